The van der Waals surface area contributed by atoms with E-state index in [4.69, 9.17) is 9.73 Å². The van der Waals surface area contributed by atoms with Crippen molar-refractivity contribution >= 4 is 47.2 Å². The van der Waals surface area contributed by atoms with E-state index in [0.29, 0.717) is 25.2 Å². The van der Waals surface area contributed by atoms with E-state index in [-0.39, 0.29) is 42.1 Å². The minimum absolute atomic E-state index is 0. The zero-order valence-electron chi connectivity index (χ0n) is 19.4. The Balaban J connectivity index is 0.00000363. The van der Waals surface area contributed by atoms with Crippen LogP contribution < -0.4 is 10.6 Å². The molecule has 32 heavy (non-hydrogen) atoms. The fourth-order valence-electron chi connectivity index (χ4n) is 3.67. The number of aryl methyl sites for hydroxylation is 1. The Hall–Kier alpha value is -1.65. The summed E-state index contributed by atoms with van der Waals surface area (Å²) in [4.78, 5) is 22.1. The molecule has 2 heterocycles. The summed E-state index contributed by atoms with van der Waals surface area (Å²) >= 11 is 1.83. The third-order valence-corrected chi connectivity index (χ3v) is 6.40. The third-order valence-electron chi connectivity index (χ3n) is 5.17. The molecule has 1 aromatic carbocycles. The lowest BCUT2D eigenvalue weighted by Gasteiger charge is -2.35. The van der Waals surface area contributed by atoms with Gasteiger partial charge in [0.05, 0.1) is 25.3 Å². The SMILES string of the molecule is CCNC(=NCc1ccc(C(=O)N2CC(C)OC(C)C2)cc1)NCc1ccc(CC)s1.I. The van der Waals surface area contributed by atoms with Crippen molar-refractivity contribution in [2.24, 2.45) is 4.99 Å². The number of hydrogen-bond donors (Lipinski definition) is 2. The van der Waals surface area contributed by atoms with Crippen LogP contribution in [-0.2, 0) is 24.2 Å². The van der Waals surface area contributed by atoms with Gasteiger partial charge in [-0.3, -0.25) is 4.79 Å². The van der Waals surface area contributed by atoms with Crippen molar-refractivity contribution in [1.82, 2.24) is 15.5 Å². The molecule has 1 fully saturated rings. The van der Waals surface area contributed by atoms with Crippen LogP contribution in [-0.4, -0.2) is 48.6 Å². The molecule has 2 unspecified atom stereocenters. The van der Waals surface area contributed by atoms with Gasteiger partial charge in [0, 0.05) is 35.0 Å². The minimum atomic E-state index is 0. The van der Waals surface area contributed by atoms with Crippen LogP contribution in [0.4, 0.5) is 0 Å². The fourth-order valence-corrected chi connectivity index (χ4v) is 4.57. The van der Waals surface area contributed by atoms with Gasteiger partial charge in [0.2, 0.25) is 0 Å². The largest absolute Gasteiger partial charge is 0.372 e. The number of rotatable bonds is 7. The van der Waals surface area contributed by atoms with E-state index < -0.39 is 0 Å². The van der Waals surface area contributed by atoms with Gasteiger partial charge in [-0.2, -0.15) is 0 Å². The molecule has 176 valence electrons. The molecule has 6 nitrogen and oxygen atoms in total. The van der Waals surface area contributed by atoms with Gasteiger partial charge in [-0.25, -0.2) is 4.99 Å². The number of morpholine rings is 1. The number of aliphatic imine (C=N–C) groups is 1. The molecule has 2 atom stereocenters. The van der Waals surface area contributed by atoms with Gasteiger partial charge in [-0.05, 0) is 57.0 Å². The monoisotopic (exact) mass is 570 g/mol. The molecule has 0 spiro atoms. The molecule has 3 rings (SSSR count). The molecule has 2 N–H and O–H groups in total. The summed E-state index contributed by atoms with van der Waals surface area (Å²) in [6, 6.07) is 12.1. The molecular weight excluding hydrogens is 535 g/mol. The van der Waals surface area contributed by atoms with Crippen molar-refractivity contribution in [3.63, 3.8) is 0 Å². The number of benzene rings is 1. The predicted molar refractivity (Wildman–Crippen MR) is 143 cm³/mol. The van der Waals surface area contributed by atoms with Crippen LogP contribution in [0.15, 0.2) is 41.4 Å². The van der Waals surface area contributed by atoms with E-state index in [1.807, 2.05) is 54.3 Å². The van der Waals surface area contributed by atoms with E-state index in [2.05, 4.69) is 36.6 Å². The average molecular weight is 571 g/mol. The van der Waals surface area contributed by atoms with Crippen LogP contribution in [0.25, 0.3) is 0 Å². The van der Waals surface area contributed by atoms with Crippen LogP contribution in [0.3, 0.4) is 0 Å². The van der Waals surface area contributed by atoms with Crippen LogP contribution >= 0.6 is 35.3 Å². The molecule has 1 saturated heterocycles. The quantitative estimate of drug-likeness (QED) is 0.294. The van der Waals surface area contributed by atoms with Crippen molar-refractivity contribution in [3.05, 3.63) is 57.3 Å². The number of nitrogens with zero attached hydrogens (tertiary/aromatic N) is 2. The smallest absolute Gasteiger partial charge is 0.254 e. The zero-order chi connectivity index (χ0) is 22.2. The Labute approximate surface area is 212 Å². The topological polar surface area (TPSA) is 66.0 Å². The zero-order valence-corrected chi connectivity index (χ0v) is 22.5. The van der Waals surface area contributed by atoms with Crippen molar-refractivity contribution in [2.45, 2.75) is 59.4 Å². The number of nitrogens with one attached hydrogen (secondary N) is 2. The van der Waals surface area contributed by atoms with Crippen LogP contribution in [0.1, 0.15) is 53.4 Å². The first-order chi connectivity index (χ1) is 15.0. The maximum atomic E-state index is 12.8. The van der Waals surface area contributed by atoms with Crippen molar-refractivity contribution in [1.29, 1.82) is 0 Å². The van der Waals surface area contributed by atoms with Gasteiger partial charge >= 0.3 is 0 Å². The first kappa shape index (κ1) is 26.6. The van der Waals surface area contributed by atoms with Crippen molar-refractivity contribution < 1.29 is 9.53 Å². The average Bonchev–Trinajstić information content (AvgIpc) is 3.23. The molecule has 0 radical (unpaired) electrons. The van der Waals surface area contributed by atoms with E-state index in [0.717, 1.165) is 31.0 Å². The number of halogens is 1. The first-order valence-electron chi connectivity index (χ1n) is 11.1. The number of ether oxygens (including phenoxy) is 1. The summed E-state index contributed by atoms with van der Waals surface area (Å²) in [5, 5.41) is 6.70. The Morgan fingerprint density at radius 1 is 1.06 bits per heavy atom. The molecule has 1 aliphatic heterocycles. The molecule has 1 aliphatic rings. The molecule has 1 aromatic heterocycles. The highest BCUT2D eigenvalue weighted by Gasteiger charge is 2.26. The lowest BCUT2D eigenvalue weighted by atomic mass is 10.1. The Morgan fingerprint density at radius 2 is 1.72 bits per heavy atom. The van der Waals surface area contributed by atoms with E-state index in [9.17, 15) is 4.79 Å². The molecule has 0 saturated carbocycles. The van der Waals surface area contributed by atoms with E-state index >= 15 is 0 Å². The number of thiophene rings is 1. The summed E-state index contributed by atoms with van der Waals surface area (Å²) in [5.41, 5.74) is 1.78. The highest BCUT2D eigenvalue weighted by Crippen LogP contribution is 2.17. The number of hydrogen-bond acceptors (Lipinski definition) is 4. The highest BCUT2D eigenvalue weighted by atomic mass is 127. The van der Waals surface area contributed by atoms with Crippen molar-refractivity contribution in [2.75, 3.05) is 19.6 Å². The van der Waals surface area contributed by atoms with Crippen LogP contribution in [0.5, 0.6) is 0 Å². The first-order valence-corrected chi connectivity index (χ1v) is 11.9. The Morgan fingerprint density at radius 3 is 2.31 bits per heavy atom. The van der Waals surface area contributed by atoms with Gasteiger partial charge in [-0.1, -0.05) is 19.1 Å². The van der Waals surface area contributed by atoms with E-state index in [1.54, 1.807) is 0 Å². The molecule has 0 aliphatic carbocycles. The molecular formula is C24H35IN4O2S. The molecule has 2 aromatic rings. The van der Waals surface area contributed by atoms with Gasteiger partial charge in [0.1, 0.15) is 0 Å². The molecule has 0 bridgehead atoms. The maximum Gasteiger partial charge on any atom is 0.254 e. The number of amides is 1. The summed E-state index contributed by atoms with van der Waals surface area (Å²) in [6.45, 7) is 11.7. The minimum Gasteiger partial charge on any atom is -0.372 e. The second-order valence-corrected chi connectivity index (χ2v) is 9.19. The van der Waals surface area contributed by atoms with Crippen molar-refractivity contribution in [3.8, 4) is 0 Å². The Kier molecular flexibility index (Phi) is 10.9. The number of carbonyl (C=O) groups excluding carboxylic acids is 1. The normalized spacial score (nSPS) is 18.8. The third kappa shape index (κ3) is 7.74. The lowest BCUT2D eigenvalue weighted by Crippen LogP contribution is -2.48. The van der Waals surface area contributed by atoms with Gasteiger partial charge in [0.15, 0.2) is 5.96 Å². The summed E-state index contributed by atoms with van der Waals surface area (Å²) in [5.74, 6) is 0.861. The van der Waals surface area contributed by atoms with Gasteiger partial charge in [-0.15, -0.1) is 35.3 Å². The van der Waals surface area contributed by atoms with E-state index in [1.165, 1.54) is 9.75 Å². The molecule has 8 heteroatoms. The van der Waals surface area contributed by atoms with Crippen LogP contribution in [0.2, 0.25) is 0 Å². The predicted octanol–water partition coefficient (Wildman–Crippen LogP) is 4.43. The number of guanidine groups is 1. The van der Waals surface area contributed by atoms with Gasteiger partial charge < -0.3 is 20.3 Å². The maximum absolute atomic E-state index is 12.8. The highest BCUT2D eigenvalue weighted by molar-refractivity contribution is 14.0. The Bertz CT molecular complexity index is 874. The summed E-state index contributed by atoms with van der Waals surface area (Å²) in [6.07, 6.45) is 1.21. The second kappa shape index (κ2) is 13.2. The van der Waals surface area contributed by atoms with Gasteiger partial charge in [0.25, 0.3) is 5.91 Å². The standard InChI is InChI=1S/C24H34N4O2S.HI/c1-5-21-11-12-22(31-21)14-27-24(25-6-2)26-13-19-7-9-20(10-8-19)23(29)28-15-17(3)30-18(4)16-28;/h7-12,17-18H,5-6,13-16H2,1-4H3,(H2,25,26,27);1H. The molecule has 1 amide bonds. The van der Waals surface area contributed by atoms with Crippen LogP contribution in [0, 0.1) is 0 Å². The summed E-state index contributed by atoms with van der Waals surface area (Å²) in [7, 11) is 0. The number of carbonyl (C=O) groups is 1. The summed E-state index contributed by atoms with van der Waals surface area (Å²) < 4.78 is 5.73. The second-order valence-electron chi connectivity index (χ2n) is 7.93. The lowest BCUT2D eigenvalue weighted by molar-refractivity contribution is -0.0586. The fraction of sp³-hybridized carbons (Fsp3) is 0.500.